The molecule has 0 spiro atoms. The lowest BCUT2D eigenvalue weighted by Crippen LogP contribution is -2.23. The Morgan fingerprint density at radius 3 is 2.42 bits per heavy atom. The summed E-state index contributed by atoms with van der Waals surface area (Å²) in [6, 6.07) is 8.95. The summed E-state index contributed by atoms with van der Waals surface area (Å²) in [6.07, 6.45) is -3.35. The van der Waals surface area contributed by atoms with E-state index in [1.807, 2.05) is 0 Å². The van der Waals surface area contributed by atoms with Crippen molar-refractivity contribution in [1.82, 2.24) is 14.8 Å². The van der Waals surface area contributed by atoms with Gasteiger partial charge in [0.2, 0.25) is 0 Å². The normalized spacial score (nSPS) is 11.6. The molecule has 2 heterocycles. The van der Waals surface area contributed by atoms with Crippen molar-refractivity contribution in [2.45, 2.75) is 19.5 Å². The van der Waals surface area contributed by atoms with Crippen molar-refractivity contribution in [2.75, 3.05) is 0 Å². The van der Waals surface area contributed by atoms with E-state index in [1.165, 1.54) is 36.4 Å². The molecule has 0 aliphatic heterocycles. The zero-order chi connectivity index (χ0) is 18.9. The maximum atomic E-state index is 13.1. The first-order chi connectivity index (χ1) is 12.2. The number of hydrogen-bond donors (Lipinski definition) is 0. The Morgan fingerprint density at radius 1 is 1.08 bits per heavy atom. The third-order valence-electron chi connectivity index (χ3n) is 3.78. The minimum atomic E-state index is -4.54. The third-order valence-corrected chi connectivity index (χ3v) is 3.78. The standard InChI is InChI=1S/C18H13F4N3O/c1-11-8-17(26)25(14-4-2-13(19)3-5-14)24-15(11)9-12-6-7-23-16(10-12)18(20,21)22/h2-8,10H,9H2,1H3. The highest BCUT2D eigenvalue weighted by atomic mass is 19.4. The number of nitrogens with zero attached hydrogens (tertiary/aromatic N) is 3. The van der Waals surface area contributed by atoms with Crippen LogP contribution in [0.4, 0.5) is 17.6 Å². The summed E-state index contributed by atoms with van der Waals surface area (Å²) < 4.78 is 52.6. The number of halogens is 4. The fraction of sp³-hybridized carbons (Fsp3) is 0.167. The topological polar surface area (TPSA) is 47.8 Å². The van der Waals surface area contributed by atoms with Crippen LogP contribution in [-0.2, 0) is 12.6 Å². The van der Waals surface area contributed by atoms with Crippen molar-refractivity contribution in [3.8, 4) is 5.69 Å². The number of hydrogen-bond acceptors (Lipinski definition) is 3. The molecule has 0 aliphatic carbocycles. The molecule has 0 bridgehead atoms. The van der Waals surface area contributed by atoms with E-state index in [9.17, 15) is 22.4 Å². The molecule has 0 unspecified atom stereocenters. The molecular formula is C18H13F4N3O. The van der Waals surface area contributed by atoms with Gasteiger partial charge in [0.25, 0.3) is 5.56 Å². The van der Waals surface area contributed by atoms with Gasteiger partial charge in [-0.3, -0.25) is 9.78 Å². The van der Waals surface area contributed by atoms with Crippen LogP contribution >= 0.6 is 0 Å². The highest BCUT2D eigenvalue weighted by molar-refractivity contribution is 5.33. The zero-order valence-electron chi connectivity index (χ0n) is 13.6. The molecule has 3 aromatic rings. The van der Waals surface area contributed by atoms with E-state index in [4.69, 9.17) is 0 Å². The van der Waals surface area contributed by atoms with Gasteiger partial charge < -0.3 is 0 Å². The van der Waals surface area contributed by atoms with Crippen molar-refractivity contribution >= 4 is 0 Å². The van der Waals surface area contributed by atoms with Gasteiger partial charge in [-0.15, -0.1) is 0 Å². The maximum absolute atomic E-state index is 13.1. The molecule has 134 valence electrons. The monoisotopic (exact) mass is 363 g/mol. The van der Waals surface area contributed by atoms with Crippen LogP contribution in [-0.4, -0.2) is 14.8 Å². The van der Waals surface area contributed by atoms with E-state index in [2.05, 4.69) is 10.1 Å². The molecule has 0 atom stereocenters. The molecule has 0 N–H and O–H groups in total. The second kappa shape index (κ2) is 6.70. The van der Waals surface area contributed by atoms with Gasteiger partial charge in [-0.05, 0) is 54.4 Å². The lowest BCUT2D eigenvalue weighted by molar-refractivity contribution is -0.141. The Hall–Kier alpha value is -3.03. The highest BCUT2D eigenvalue weighted by Crippen LogP contribution is 2.28. The van der Waals surface area contributed by atoms with Gasteiger partial charge in [0, 0.05) is 18.7 Å². The summed E-state index contributed by atoms with van der Waals surface area (Å²) in [5, 5.41) is 4.24. The van der Waals surface area contributed by atoms with Gasteiger partial charge in [-0.1, -0.05) is 0 Å². The first-order valence-corrected chi connectivity index (χ1v) is 7.62. The summed E-state index contributed by atoms with van der Waals surface area (Å²) in [7, 11) is 0. The fourth-order valence-corrected chi connectivity index (χ4v) is 2.45. The van der Waals surface area contributed by atoms with E-state index >= 15 is 0 Å². The zero-order valence-corrected chi connectivity index (χ0v) is 13.6. The van der Waals surface area contributed by atoms with Crippen LogP contribution in [0, 0.1) is 12.7 Å². The van der Waals surface area contributed by atoms with E-state index in [0.717, 1.165) is 16.9 Å². The van der Waals surface area contributed by atoms with Crippen molar-refractivity contribution in [2.24, 2.45) is 0 Å². The van der Waals surface area contributed by atoms with Gasteiger partial charge in [0.05, 0.1) is 11.4 Å². The molecule has 4 nitrogen and oxygen atoms in total. The quantitative estimate of drug-likeness (QED) is 0.667. The second-order valence-corrected chi connectivity index (χ2v) is 5.72. The number of aromatic nitrogens is 3. The summed E-state index contributed by atoms with van der Waals surface area (Å²) in [5.41, 5.74) is 0.325. The summed E-state index contributed by atoms with van der Waals surface area (Å²) in [5.74, 6) is -0.453. The summed E-state index contributed by atoms with van der Waals surface area (Å²) in [4.78, 5) is 15.5. The summed E-state index contributed by atoms with van der Waals surface area (Å²) in [6.45, 7) is 1.66. The molecule has 3 rings (SSSR count). The highest BCUT2D eigenvalue weighted by Gasteiger charge is 2.32. The SMILES string of the molecule is Cc1cc(=O)n(-c2ccc(F)cc2)nc1Cc1ccnc(C(F)(F)F)c1. The predicted octanol–water partition coefficient (Wildman–Crippen LogP) is 3.68. The number of benzene rings is 1. The van der Waals surface area contributed by atoms with Crippen molar-refractivity contribution < 1.29 is 17.6 Å². The fourth-order valence-electron chi connectivity index (χ4n) is 2.45. The number of alkyl halides is 3. The first kappa shape index (κ1) is 17.8. The lowest BCUT2D eigenvalue weighted by atomic mass is 10.1. The van der Waals surface area contributed by atoms with Crippen molar-refractivity contribution in [1.29, 1.82) is 0 Å². The van der Waals surface area contributed by atoms with Gasteiger partial charge in [0.1, 0.15) is 11.5 Å². The Kier molecular flexibility index (Phi) is 4.58. The molecule has 0 saturated heterocycles. The average molecular weight is 363 g/mol. The lowest BCUT2D eigenvalue weighted by Gasteiger charge is -2.11. The Labute approximate surface area is 145 Å². The van der Waals surface area contributed by atoms with Gasteiger partial charge >= 0.3 is 6.18 Å². The largest absolute Gasteiger partial charge is 0.433 e. The molecule has 0 amide bonds. The van der Waals surface area contributed by atoms with Gasteiger partial charge in [-0.2, -0.15) is 23.0 Å². The Bertz CT molecular complexity index is 995. The number of rotatable bonds is 3. The minimum absolute atomic E-state index is 0.0961. The minimum Gasteiger partial charge on any atom is -0.267 e. The van der Waals surface area contributed by atoms with E-state index in [0.29, 0.717) is 22.5 Å². The van der Waals surface area contributed by atoms with Crippen LogP contribution in [0.25, 0.3) is 5.69 Å². The van der Waals surface area contributed by atoms with Crippen LogP contribution < -0.4 is 5.56 Å². The van der Waals surface area contributed by atoms with Crippen LogP contribution in [0.3, 0.4) is 0 Å². The van der Waals surface area contributed by atoms with E-state index in [1.54, 1.807) is 6.92 Å². The third kappa shape index (κ3) is 3.79. The van der Waals surface area contributed by atoms with Crippen LogP contribution in [0.5, 0.6) is 0 Å². The maximum Gasteiger partial charge on any atom is 0.433 e. The van der Waals surface area contributed by atoms with Crippen molar-refractivity contribution in [3.05, 3.63) is 87.3 Å². The van der Waals surface area contributed by atoms with Crippen LogP contribution in [0.1, 0.15) is 22.5 Å². The molecule has 2 aromatic heterocycles. The average Bonchev–Trinajstić information content (AvgIpc) is 2.58. The van der Waals surface area contributed by atoms with Crippen LogP contribution in [0.15, 0.2) is 53.5 Å². The van der Waals surface area contributed by atoms with E-state index in [-0.39, 0.29) is 6.42 Å². The summed E-state index contributed by atoms with van der Waals surface area (Å²) >= 11 is 0. The van der Waals surface area contributed by atoms with Gasteiger partial charge in [-0.25, -0.2) is 4.39 Å². The molecule has 0 saturated carbocycles. The molecule has 0 fully saturated rings. The molecule has 0 aliphatic rings. The smallest absolute Gasteiger partial charge is 0.267 e. The Morgan fingerprint density at radius 2 is 1.77 bits per heavy atom. The molecular weight excluding hydrogens is 350 g/mol. The molecule has 8 heteroatoms. The second-order valence-electron chi connectivity index (χ2n) is 5.72. The van der Waals surface area contributed by atoms with Crippen LogP contribution in [0.2, 0.25) is 0 Å². The molecule has 0 radical (unpaired) electrons. The van der Waals surface area contributed by atoms with E-state index < -0.39 is 23.2 Å². The number of pyridine rings is 1. The van der Waals surface area contributed by atoms with Gasteiger partial charge in [0.15, 0.2) is 0 Å². The predicted molar refractivity (Wildman–Crippen MR) is 86.6 cm³/mol. The number of aryl methyl sites for hydroxylation is 1. The van der Waals surface area contributed by atoms with Crippen molar-refractivity contribution in [3.63, 3.8) is 0 Å². The molecule has 1 aromatic carbocycles. The molecule has 26 heavy (non-hydrogen) atoms. The first-order valence-electron chi connectivity index (χ1n) is 7.62. The Balaban J connectivity index is 2.00.